The van der Waals surface area contributed by atoms with Gasteiger partial charge in [-0.2, -0.15) is 0 Å². The van der Waals surface area contributed by atoms with E-state index >= 15 is 0 Å². The number of carbonyl (C=O) groups excluding carboxylic acids is 1. The fourth-order valence-electron chi connectivity index (χ4n) is 3.43. The highest BCUT2D eigenvalue weighted by molar-refractivity contribution is 6.04. The lowest BCUT2D eigenvalue weighted by molar-refractivity contribution is 0.0934. The summed E-state index contributed by atoms with van der Waals surface area (Å²) >= 11 is 0. The van der Waals surface area contributed by atoms with Gasteiger partial charge < -0.3 is 20.7 Å². The summed E-state index contributed by atoms with van der Waals surface area (Å²) in [6.07, 6.45) is 1.23. The van der Waals surface area contributed by atoms with Crippen LogP contribution in [0.4, 0.5) is 21.7 Å². The Morgan fingerprint density at radius 2 is 2.23 bits per heavy atom. The number of nitrogens with two attached hydrogens (primary N) is 1. The molecular formula is C20H20FN7O2. The summed E-state index contributed by atoms with van der Waals surface area (Å²) in [4.78, 5) is 22.6. The van der Waals surface area contributed by atoms with E-state index in [1.165, 1.54) is 16.6 Å². The zero-order valence-electron chi connectivity index (χ0n) is 16.5. The zero-order chi connectivity index (χ0) is 21.4. The molecule has 30 heavy (non-hydrogen) atoms. The van der Waals surface area contributed by atoms with Crippen molar-refractivity contribution in [2.24, 2.45) is 0 Å². The number of hydrogen-bond acceptors (Lipinski definition) is 6. The second kappa shape index (κ2) is 7.51. The molecule has 1 atom stereocenters. The molecule has 4 rings (SSSR count). The van der Waals surface area contributed by atoms with Gasteiger partial charge in [-0.1, -0.05) is 0 Å². The van der Waals surface area contributed by atoms with Gasteiger partial charge >= 0.3 is 0 Å². The number of anilines is 2. The molecule has 1 aliphatic heterocycles. The molecule has 0 aliphatic carbocycles. The number of aromatic nitrogens is 3. The molecule has 3 aromatic rings. The number of nitrogens with zero attached hydrogens (tertiary/aromatic N) is 5. The lowest BCUT2D eigenvalue weighted by atomic mass is 10.1. The summed E-state index contributed by atoms with van der Waals surface area (Å²) in [5.74, 6) is -0.0128. The van der Waals surface area contributed by atoms with Crippen LogP contribution in [0.3, 0.4) is 0 Å². The molecule has 1 aromatic carbocycles. The van der Waals surface area contributed by atoms with Gasteiger partial charge in [-0.05, 0) is 32.0 Å². The zero-order valence-corrected chi connectivity index (χ0v) is 16.5. The Kier molecular flexibility index (Phi) is 4.87. The van der Waals surface area contributed by atoms with Gasteiger partial charge in [-0.25, -0.2) is 18.7 Å². The van der Waals surface area contributed by atoms with Gasteiger partial charge in [0.05, 0.1) is 13.1 Å². The number of hydrogen-bond donors (Lipinski definition) is 2. The van der Waals surface area contributed by atoms with Gasteiger partial charge in [0.2, 0.25) is 5.69 Å². The highest BCUT2D eigenvalue weighted by atomic mass is 19.1. The Balaban J connectivity index is 1.92. The first kappa shape index (κ1) is 19.4. The number of benzene rings is 1. The topological polar surface area (TPSA) is 102 Å². The van der Waals surface area contributed by atoms with Crippen LogP contribution in [-0.4, -0.2) is 39.7 Å². The Morgan fingerprint density at radius 1 is 1.43 bits per heavy atom. The molecule has 3 heterocycles. The Labute approximate surface area is 172 Å². The molecular weight excluding hydrogens is 389 g/mol. The Morgan fingerprint density at radius 3 is 2.97 bits per heavy atom. The van der Waals surface area contributed by atoms with Crippen LogP contribution in [0.5, 0.6) is 5.75 Å². The molecule has 2 aromatic heterocycles. The van der Waals surface area contributed by atoms with Crippen molar-refractivity contribution >= 4 is 28.9 Å². The molecule has 0 radical (unpaired) electrons. The normalized spacial score (nSPS) is 16.7. The average molecular weight is 409 g/mol. The number of halogens is 1. The van der Waals surface area contributed by atoms with E-state index in [2.05, 4.69) is 20.2 Å². The number of amides is 1. The maximum Gasteiger partial charge on any atom is 0.259 e. The van der Waals surface area contributed by atoms with Crippen LogP contribution >= 0.6 is 0 Å². The molecule has 1 aliphatic rings. The first-order valence-corrected chi connectivity index (χ1v) is 9.46. The minimum absolute atomic E-state index is 0.0734. The highest BCUT2D eigenvalue weighted by Crippen LogP contribution is 2.35. The Bertz CT molecular complexity index is 1180. The highest BCUT2D eigenvalue weighted by Gasteiger charge is 2.24. The van der Waals surface area contributed by atoms with E-state index in [0.29, 0.717) is 29.3 Å². The predicted octanol–water partition coefficient (Wildman–Crippen LogP) is 2.54. The maximum atomic E-state index is 14.4. The van der Waals surface area contributed by atoms with Crippen molar-refractivity contribution in [3.63, 3.8) is 0 Å². The first-order chi connectivity index (χ1) is 14.4. The van der Waals surface area contributed by atoms with Crippen LogP contribution in [0, 0.1) is 12.4 Å². The number of rotatable bonds is 1. The van der Waals surface area contributed by atoms with Crippen LogP contribution in [0.2, 0.25) is 0 Å². The molecule has 0 unspecified atom stereocenters. The summed E-state index contributed by atoms with van der Waals surface area (Å²) < 4.78 is 21.8. The van der Waals surface area contributed by atoms with Crippen LogP contribution in [-0.2, 0) is 6.54 Å². The molecule has 0 fully saturated rings. The summed E-state index contributed by atoms with van der Waals surface area (Å²) in [5.41, 5.74) is 6.81. The number of fused-ring (bicyclic) bond motifs is 2. The smallest absolute Gasteiger partial charge is 0.259 e. The lowest BCUT2D eigenvalue weighted by Gasteiger charge is -2.25. The number of carbonyl (C=O) groups is 1. The molecule has 1 amide bonds. The maximum absolute atomic E-state index is 14.4. The van der Waals surface area contributed by atoms with Crippen molar-refractivity contribution in [1.29, 1.82) is 0 Å². The minimum atomic E-state index is -0.608. The fraction of sp³-hybridized carbons (Fsp3) is 0.300. The molecule has 2 bridgehead atoms. The van der Waals surface area contributed by atoms with Crippen LogP contribution in [0.15, 0.2) is 24.4 Å². The fourth-order valence-corrected chi connectivity index (χ4v) is 3.43. The quantitative estimate of drug-likeness (QED) is 0.599. The summed E-state index contributed by atoms with van der Waals surface area (Å²) in [5, 5.41) is 6.93. The number of nitrogen functional groups attached to an aromatic ring is 1. The van der Waals surface area contributed by atoms with Crippen LogP contribution in [0.25, 0.3) is 10.5 Å². The van der Waals surface area contributed by atoms with E-state index in [-0.39, 0.29) is 30.2 Å². The number of ether oxygens (including phenoxy) is 1. The second-order valence-corrected chi connectivity index (χ2v) is 6.95. The summed E-state index contributed by atoms with van der Waals surface area (Å²) in [7, 11) is 0. The van der Waals surface area contributed by atoms with Crippen molar-refractivity contribution in [3.8, 4) is 5.75 Å². The average Bonchev–Trinajstić information content (AvgIpc) is 3.06. The van der Waals surface area contributed by atoms with E-state index < -0.39 is 17.8 Å². The third-order valence-electron chi connectivity index (χ3n) is 4.96. The Hall–Kier alpha value is -3.87. The van der Waals surface area contributed by atoms with Crippen molar-refractivity contribution in [2.45, 2.75) is 26.5 Å². The molecule has 0 spiro atoms. The standard InChI is InChI=1S/C20H20FN7O2/c1-4-27-10-12-14(6-5-13(21)17(12)23-3)30-11(2)9-24-20(29)16-18(22)26-28-8-7-15(27)25-19(16)28/h5-8,11H,4,9-10H2,1-2H3,(H2,22,26)(H,24,29)/t11-/m1/s1. The SMILES string of the molecule is [C-]#[N+]c1c(F)ccc2c1CN(CC)c1ccn3nc(N)c(c3n1)C(=O)NC[C@@H](C)O2. The van der Waals surface area contributed by atoms with E-state index in [0.717, 1.165) is 0 Å². The van der Waals surface area contributed by atoms with Gasteiger partial charge in [0.25, 0.3) is 5.91 Å². The summed E-state index contributed by atoms with van der Waals surface area (Å²) in [6.45, 7) is 12.1. The minimum Gasteiger partial charge on any atom is -0.490 e. The first-order valence-electron chi connectivity index (χ1n) is 9.46. The van der Waals surface area contributed by atoms with Gasteiger partial charge in [0, 0.05) is 24.8 Å². The van der Waals surface area contributed by atoms with E-state index in [4.69, 9.17) is 17.0 Å². The molecule has 0 saturated carbocycles. The van der Waals surface area contributed by atoms with Crippen LogP contribution in [0.1, 0.15) is 29.8 Å². The molecule has 9 nitrogen and oxygen atoms in total. The van der Waals surface area contributed by atoms with Crippen molar-refractivity contribution in [2.75, 3.05) is 23.7 Å². The molecule has 0 saturated heterocycles. The predicted molar refractivity (Wildman–Crippen MR) is 109 cm³/mol. The monoisotopic (exact) mass is 409 g/mol. The lowest BCUT2D eigenvalue weighted by Crippen LogP contribution is -2.34. The van der Waals surface area contributed by atoms with Gasteiger partial charge in [-0.15, -0.1) is 5.10 Å². The third-order valence-corrected chi connectivity index (χ3v) is 4.96. The van der Waals surface area contributed by atoms with E-state index in [9.17, 15) is 9.18 Å². The largest absolute Gasteiger partial charge is 0.490 e. The van der Waals surface area contributed by atoms with Crippen molar-refractivity contribution in [1.82, 2.24) is 19.9 Å². The summed E-state index contributed by atoms with van der Waals surface area (Å²) in [6, 6.07) is 4.45. The van der Waals surface area contributed by atoms with Gasteiger partial charge in [-0.3, -0.25) is 4.79 Å². The third kappa shape index (κ3) is 3.24. The van der Waals surface area contributed by atoms with Crippen LogP contribution < -0.4 is 20.7 Å². The van der Waals surface area contributed by atoms with Crippen molar-refractivity contribution < 1.29 is 13.9 Å². The molecule has 3 N–H and O–H groups in total. The molecule has 10 heteroatoms. The number of nitrogens with one attached hydrogen (secondary N) is 1. The van der Waals surface area contributed by atoms with E-state index in [1.54, 1.807) is 19.2 Å². The van der Waals surface area contributed by atoms with Crippen molar-refractivity contribution in [3.05, 3.63) is 52.8 Å². The molecule has 154 valence electrons. The second-order valence-electron chi connectivity index (χ2n) is 6.95. The van der Waals surface area contributed by atoms with E-state index in [1.807, 2.05) is 11.8 Å². The van der Waals surface area contributed by atoms with Gasteiger partial charge in [0.1, 0.15) is 29.1 Å². The van der Waals surface area contributed by atoms with Gasteiger partial charge in [0.15, 0.2) is 11.5 Å².